The van der Waals surface area contributed by atoms with Crippen LogP contribution in [0.15, 0.2) is 4.99 Å². The van der Waals surface area contributed by atoms with E-state index in [-0.39, 0.29) is 41.1 Å². The summed E-state index contributed by atoms with van der Waals surface area (Å²) in [6.45, 7) is 10.8. The lowest BCUT2D eigenvalue weighted by atomic mass is 9.56. The molecule has 2 atom stereocenters. The van der Waals surface area contributed by atoms with Gasteiger partial charge in [-0.15, -0.1) is 24.0 Å². The van der Waals surface area contributed by atoms with E-state index in [1.165, 1.54) is 7.11 Å². The van der Waals surface area contributed by atoms with Gasteiger partial charge in [-0.3, -0.25) is 4.99 Å². The Labute approximate surface area is 174 Å². The third-order valence-corrected chi connectivity index (χ3v) is 6.17. The van der Waals surface area contributed by atoms with Gasteiger partial charge in [-0.1, -0.05) is 13.8 Å². The van der Waals surface area contributed by atoms with Crippen LogP contribution in [0.5, 0.6) is 0 Å². The lowest BCUT2D eigenvalue weighted by molar-refractivity contribution is -0.176. The monoisotopic (exact) mass is 482 g/mol. The average molecular weight is 482 g/mol. The van der Waals surface area contributed by atoms with Crippen molar-refractivity contribution in [3.05, 3.63) is 0 Å². The number of carbonyl (C=O) groups excluding carboxylic acids is 1. The summed E-state index contributed by atoms with van der Waals surface area (Å²) in [5.41, 5.74) is -0.0694. The van der Waals surface area contributed by atoms with E-state index < -0.39 is 0 Å². The van der Waals surface area contributed by atoms with Gasteiger partial charge in [0.25, 0.3) is 0 Å². The van der Waals surface area contributed by atoms with Crippen molar-refractivity contribution in [2.45, 2.75) is 64.6 Å². The molecule has 0 aromatic carbocycles. The number of hydrogen-bond donors (Lipinski definition) is 2. The van der Waals surface area contributed by atoms with Crippen LogP contribution < -0.4 is 10.6 Å². The molecule has 1 aliphatic heterocycles. The van der Waals surface area contributed by atoms with Crippen LogP contribution in [-0.4, -0.2) is 68.5 Å². The number of amides is 1. The lowest BCUT2D eigenvalue weighted by Gasteiger charge is -2.59. The number of hydrogen-bond acceptors (Lipinski definition) is 4. The molecule has 1 heterocycles. The summed E-state index contributed by atoms with van der Waals surface area (Å²) in [7, 11) is 3.21. The Kier molecular flexibility index (Phi) is 8.44. The molecule has 0 aromatic rings. The summed E-state index contributed by atoms with van der Waals surface area (Å²) in [4.78, 5) is 17.9. The van der Waals surface area contributed by atoms with Crippen molar-refractivity contribution in [3.8, 4) is 0 Å². The number of rotatable bonds is 4. The van der Waals surface area contributed by atoms with Gasteiger partial charge in [-0.25, -0.2) is 4.79 Å². The van der Waals surface area contributed by atoms with Crippen LogP contribution in [0.25, 0.3) is 0 Å². The molecule has 0 radical (unpaired) electrons. The van der Waals surface area contributed by atoms with Gasteiger partial charge < -0.3 is 25.0 Å². The summed E-state index contributed by atoms with van der Waals surface area (Å²) in [6, 6.07) is 0.640. The molecule has 2 aliphatic rings. The van der Waals surface area contributed by atoms with Gasteiger partial charge in [-0.2, -0.15) is 0 Å². The Morgan fingerprint density at radius 3 is 2.27 bits per heavy atom. The first-order valence-electron chi connectivity index (χ1n) is 9.23. The molecule has 1 saturated carbocycles. The summed E-state index contributed by atoms with van der Waals surface area (Å²) in [6.07, 6.45) is 2.50. The maximum Gasteiger partial charge on any atom is 0.409 e. The third kappa shape index (κ3) is 4.74. The average Bonchev–Trinajstić information content (AvgIpc) is 2.61. The van der Waals surface area contributed by atoms with Crippen molar-refractivity contribution in [1.29, 1.82) is 0 Å². The summed E-state index contributed by atoms with van der Waals surface area (Å²) in [5.74, 6) is 0.857. The number of methoxy groups -OCH3 is 2. The largest absolute Gasteiger partial charge is 0.453 e. The molecular formula is C18H35IN4O3. The standard InChI is InChI=1S/C18H34N4O3.HI/c1-7-19-15(21-14-12-18(4,25-6)17(14,2)3)20-13-8-10-22(11-9-13)16(23)24-5;/h13-14H,7-12H2,1-6H3,(H2,19,20,21);1H. The van der Waals surface area contributed by atoms with E-state index in [0.717, 1.165) is 31.8 Å². The van der Waals surface area contributed by atoms with Crippen molar-refractivity contribution in [3.63, 3.8) is 0 Å². The molecule has 8 heteroatoms. The molecular weight excluding hydrogens is 447 g/mol. The highest BCUT2D eigenvalue weighted by Crippen LogP contribution is 2.51. The fourth-order valence-corrected chi connectivity index (χ4v) is 3.71. The second-order valence-corrected chi connectivity index (χ2v) is 7.76. The summed E-state index contributed by atoms with van der Waals surface area (Å²) in [5, 5.41) is 7.12. The smallest absolute Gasteiger partial charge is 0.409 e. The van der Waals surface area contributed by atoms with Crippen molar-refractivity contribution in [1.82, 2.24) is 15.5 Å². The first-order chi connectivity index (χ1) is 11.8. The van der Waals surface area contributed by atoms with E-state index in [4.69, 9.17) is 9.47 Å². The fraction of sp³-hybridized carbons (Fsp3) is 0.889. The zero-order chi connectivity index (χ0) is 18.7. The number of halogens is 1. The van der Waals surface area contributed by atoms with Crippen molar-refractivity contribution >= 4 is 36.0 Å². The van der Waals surface area contributed by atoms with E-state index in [1.807, 2.05) is 6.92 Å². The number of piperidine rings is 1. The molecule has 0 bridgehead atoms. The van der Waals surface area contributed by atoms with Gasteiger partial charge in [0.05, 0.1) is 12.7 Å². The molecule has 7 nitrogen and oxygen atoms in total. The first-order valence-corrected chi connectivity index (χ1v) is 9.23. The number of aliphatic imine (C=N–C) groups is 1. The third-order valence-electron chi connectivity index (χ3n) is 6.17. The van der Waals surface area contributed by atoms with Crippen LogP contribution in [0.4, 0.5) is 4.79 Å². The maximum atomic E-state index is 11.6. The zero-order valence-corrected chi connectivity index (χ0v) is 19.3. The Balaban J connectivity index is 0.00000338. The number of guanidine groups is 1. The number of ether oxygens (including phenoxy) is 2. The Morgan fingerprint density at radius 1 is 1.19 bits per heavy atom. The molecule has 1 saturated heterocycles. The molecule has 1 aliphatic carbocycles. The summed E-state index contributed by atoms with van der Waals surface area (Å²) < 4.78 is 10.5. The van der Waals surface area contributed by atoms with Crippen LogP contribution in [-0.2, 0) is 9.47 Å². The number of nitrogens with zero attached hydrogens (tertiary/aromatic N) is 2. The molecule has 2 N–H and O–H groups in total. The molecule has 2 unspecified atom stereocenters. The van der Waals surface area contributed by atoms with E-state index in [1.54, 1.807) is 12.0 Å². The zero-order valence-electron chi connectivity index (χ0n) is 16.9. The van der Waals surface area contributed by atoms with Gasteiger partial charge >= 0.3 is 6.09 Å². The minimum absolute atomic E-state index is 0. The van der Waals surface area contributed by atoms with Crippen LogP contribution in [0.3, 0.4) is 0 Å². The Bertz CT molecular complexity index is 507. The Morgan fingerprint density at radius 2 is 1.81 bits per heavy atom. The van der Waals surface area contributed by atoms with Crippen LogP contribution >= 0.6 is 24.0 Å². The molecule has 2 rings (SSSR count). The number of carbonyl (C=O) groups is 1. The van der Waals surface area contributed by atoms with Gasteiger partial charge in [-0.05, 0) is 33.1 Å². The van der Waals surface area contributed by atoms with Crippen LogP contribution in [0, 0.1) is 5.41 Å². The topological polar surface area (TPSA) is 75.2 Å². The van der Waals surface area contributed by atoms with Gasteiger partial charge in [0.2, 0.25) is 0 Å². The Hall–Kier alpha value is -0.770. The maximum absolute atomic E-state index is 11.6. The SMILES string of the molecule is CCN=C(NC1CCN(C(=O)OC)CC1)NC1CC(C)(OC)C1(C)C.I. The quantitative estimate of drug-likeness (QED) is 0.366. The van der Waals surface area contributed by atoms with Gasteiger partial charge in [0.15, 0.2) is 5.96 Å². The predicted molar refractivity (Wildman–Crippen MR) is 114 cm³/mol. The molecule has 152 valence electrons. The highest BCUT2D eigenvalue weighted by atomic mass is 127. The predicted octanol–water partition coefficient (Wildman–Crippen LogP) is 2.59. The number of likely N-dealkylation sites (tertiary alicyclic amines) is 1. The highest BCUT2D eigenvalue weighted by molar-refractivity contribution is 14.0. The van der Waals surface area contributed by atoms with E-state index >= 15 is 0 Å². The van der Waals surface area contributed by atoms with Crippen molar-refractivity contribution in [2.75, 3.05) is 33.9 Å². The molecule has 0 aromatic heterocycles. The molecule has 2 fully saturated rings. The number of nitrogens with one attached hydrogen (secondary N) is 2. The molecule has 1 amide bonds. The van der Waals surface area contributed by atoms with Gasteiger partial charge in [0, 0.05) is 44.2 Å². The van der Waals surface area contributed by atoms with Crippen LogP contribution in [0.1, 0.15) is 47.0 Å². The fourth-order valence-electron chi connectivity index (χ4n) is 3.71. The molecule has 26 heavy (non-hydrogen) atoms. The second kappa shape index (κ2) is 9.43. The normalized spacial score (nSPS) is 28.6. The lowest BCUT2D eigenvalue weighted by Crippen LogP contribution is -2.70. The van der Waals surface area contributed by atoms with Crippen LogP contribution in [0.2, 0.25) is 0 Å². The van der Waals surface area contributed by atoms with E-state index in [9.17, 15) is 4.79 Å². The van der Waals surface area contributed by atoms with Gasteiger partial charge in [0.1, 0.15) is 0 Å². The minimum Gasteiger partial charge on any atom is -0.453 e. The summed E-state index contributed by atoms with van der Waals surface area (Å²) >= 11 is 0. The minimum atomic E-state index is -0.242. The first kappa shape index (κ1) is 23.3. The van der Waals surface area contributed by atoms with Crippen molar-refractivity contribution in [2.24, 2.45) is 10.4 Å². The van der Waals surface area contributed by atoms with E-state index in [0.29, 0.717) is 25.2 Å². The van der Waals surface area contributed by atoms with Crippen molar-refractivity contribution < 1.29 is 14.3 Å². The van der Waals surface area contributed by atoms with E-state index in [2.05, 4.69) is 36.4 Å². The molecule has 0 spiro atoms. The highest BCUT2D eigenvalue weighted by Gasteiger charge is 2.58. The second-order valence-electron chi connectivity index (χ2n) is 7.76.